The van der Waals surface area contributed by atoms with Crippen LogP contribution >= 0.6 is 11.3 Å². The average Bonchev–Trinajstić information content (AvgIpc) is 2.96. The second-order valence-corrected chi connectivity index (χ2v) is 4.78. The Labute approximate surface area is 96.7 Å². The highest BCUT2D eigenvalue weighted by molar-refractivity contribution is 7.13. The Bertz CT molecular complexity index is 467. The van der Waals surface area contributed by atoms with Crippen molar-refractivity contribution in [1.29, 1.82) is 0 Å². The monoisotopic (exact) mass is 236 g/mol. The van der Waals surface area contributed by atoms with Gasteiger partial charge >= 0.3 is 0 Å². The molecule has 0 spiro atoms. The zero-order valence-electron chi connectivity index (χ0n) is 8.59. The Hall–Kier alpha value is -1.24. The number of rotatable bonds is 2. The van der Waals surface area contributed by atoms with Gasteiger partial charge in [-0.1, -0.05) is 6.07 Å². The van der Waals surface area contributed by atoms with Gasteiger partial charge in [0.1, 0.15) is 5.82 Å². The molecule has 1 saturated heterocycles. The number of hydrogen-bond donors (Lipinski definition) is 2. The predicted molar refractivity (Wildman–Crippen MR) is 61.2 cm³/mol. The lowest BCUT2D eigenvalue weighted by molar-refractivity contribution is 0.190. The average molecular weight is 236 g/mol. The molecule has 0 saturated carbocycles. The third-order valence-electron chi connectivity index (χ3n) is 2.72. The van der Waals surface area contributed by atoms with E-state index in [9.17, 15) is 0 Å². The summed E-state index contributed by atoms with van der Waals surface area (Å²) in [7, 11) is 0. The fraction of sp³-hybridized carbons (Fsp3) is 0.400. The molecule has 0 aromatic carbocycles. The van der Waals surface area contributed by atoms with Crippen LogP contribution in [0.15, 0.2) is 17.5 Å². The maximum Gasteiger partial charge on any atom is 0.191 e. The van der Waals surface area contributed by atoms with E-state index in [4.69, 9.17) is 10.5 Å². The van der Waals surface area contributed by atoms with Crippen LogP contribution in [-0.2, 0) is 4.74 Å². The Morgan fingerprint density at radius 3 is 3.12 bits per heavy atom. The summed E-state index contributed by atoms with van der Waals surface area (Å²) in [6.45, 7) is 1.22. The van der Waals surface area contributed by atoms with Crippen molar-refractivity contribution in [3.8, 4) is 10.7 Å². The number of ether oxygens (including phenoxy) is 1. The lowest BCUT2D eigenvalue weighted by atomic mass is 10.0. The first kappa shape index (κ1) is 9.95. The SMILES string of the molecule is NC1COCC1c1nc(-c2cccs2)n[nH]1. The van der Waals surface area contributed by atoms with Gasteiger partial charge in [-0.05, 0) is 11.4 Å². The molecule has 2 aromatic rings. The fourth-order valence-electron chi connectivity index (χ4n) is 1.81. The molecule has 1 aliphatic rings. The van der Waals surface area contributed by atoms with Crippen molar-refractivity contribution in [3.05, 3.63) is 23.3 Å². The number of hydrogen-bond acceptors (Lipinski definition) is 5. The quantitative estimate of drug-likeness (QED) is 0.814. The Morgan fingerprint density at radius 1 is 1.50 bits per heavy atom. The molecule has 6 heteroatoms. The summed E-state index contributed by atoms with van der Waals surface area (Å²) in [4.78, 5) is 5.53. The van der Waals surface area contributed by atoms with Gasteiger partial charge in [0.25, 0.3) is 0 Å². The van der Waals surface area contributed by atoms with E-state index in [1.807, 2.05) is 17.5 Å². The van der Waals surface area contributed by atoms with Crippen LogP contribution in [0.25, 0.3) is 10.7 Å². The van der Waals surface area contributed by atoms with Crippen molar-refractivity contribution in [1.82, 2.24) is 15.2 Å². The van der Waals surface area contributed by atoms with Crippen molar-refractivity contribution in [2.75, 3.05) is 13.2 Å². The number of nitrogens with two attached hydrogens (primary N) is 1. The highest BCUT2D eigenvalue weighted by Crippen LogP contribution is 2.25. The maximum atomic E-state index is 5.93. The van der Waals surface area contributed by atoms with Crippen LogP contribution in [0.1, 0.15) is 11.7 Å². The van der Waals surface area contributed by atoms with Gasteiger partial charge in [0.2, 0.25) is 0 Å². The number of thiophene rings is 1. The molecule has 2 unspecified atom stereocenters. The van der Waals surface area contributed by atoms with Crippen LogP contribution in [0.5, 0.6) is 0 Å². The number of aromatic amines is 1. The molecule has 16 heavy (non-hydrogen) atoms. The summed E-state index contributed by atoms with van der Waals surface area (Å²) < 4.78 is 5.31. The van der Waals surface area contributed by atoms with Gasteiger partial charge in [-0.25, -0.2) is 4.98 Å². The van der Waals surface area contributed by atoms with Crippen LogP contribution in [0.3, 0.4) is 0 Å². The minimum absolute atomic E-state index is 0.0177. The smallest absolute Gasteiger partial charge is 0.191 e. The molecule has 84 valence electrons. The van der Waals surface area contributed by atoms with E-state index in [2.05, 4.69) is 15.2 Å². The van der Waals surface area contributed by atoms with E-state index in [1.165, 1.54) is 0 Å². The molecule has 1 aliphatic heterocycles. The number of nitrogens with zero attached hydrogens (tertiary/aromatic N) is 2. The van der Waals surface area contributed by atoms with Gasteiger partial charge in [0, 0.05) is 6.04 Å². The summed E-state index contributed by atoms with van der Waals surface area (Å²) in [5.41, 5.74) is 5.93. The highest BCUT2D eigenvalue weighted by Gasteiger charge is 2.29. The first-order valence-electron chi connectivity index (χ1n) is 5.14. The summed E-state index contributed by atoms with van der Waals surface area (Å²) >= 11 is 1.63. The molecule has 5 nitrogen and oxygen atoms in total. The maximum absolute atomic E-state index is 5.93. The predicted octanol–water partition coefficient (Wildman–Crippen LogP) is 0.974. The van der Waals surface area contributed by atoms with E-state index in [-0.39, 0.29) is 12.0 Å². The van der Waals surface area contributed by atoms with Gasteiger partial charge in [-0.2, -0.15) is 5.10 Å². The normalized spacial score (nSPS) is 25.1. The number of aromatic nitrogens is 3. The lowest BCUT2D eigenvalue weighted by Gasteiger charge is -2.07. The van der Waals surface area contributed by atoms with Crippen LogP contribution in [0.4, 0.5) is 0 Å². The second-order valence-electron chi connectivity index (χ2n) is 3.83. The molecule has 3 N–H and O–H groups in total. The summed E-state index contributed by atoms with van der Waals surface area (Å²) in [5.74, 6) is 1.71. The highest BCUT2D eigenvalue weighted by atomic mass is 32.1. The van der Waals surface area contributed by atoms with Crippen molar-refractivity contribution >= 4 is 11.3 Å². The number of H-pyrrole nitrogens is 1. The van der Waals surface area contributed by atoms with Crippen LogP contribution in [0.2, 0.25) is 0 Å². The standard InChI is InChI=1S/C10H12N4OS/c11-7-5-15-4-6(7)9-12-10(14-13-9)8-2-1-3-16-8/h1-3,6-7H,4-5,11H2,(H,12,13,14). The van der Waals surface area contributed by atoms with Gasteiger partial charge in [0.05, 0.1) is 24.0 Å². The van der Waals surface area contributed by atoms with Crippen LogP contribution in [0, 0.1) is 0 Å². The minimum Gasteiger partial charge on any atom is -0.379 e. The molecule has 0 amide bonds. The van der Waals surface area contributed by atoms with E-state index >= 15 is 0 Å². The van der Waals surface area contributed by atoms with Crippen molar-refractivity contribution in [2.45, 2.75) is 12.0 Å². The molecule has 1 fully saturated rings. The van der Waals surface area contributed by atoms with Crippen molar-refractivity contribution < 1.29 is 4.74 Å². The molecule has 0 radical (unpaired) electrons. The molecule has 2 aromatic heterocycles. The van der Waals surface area contributed by atoms with Crippen LogP contribution in [-0.4, -0.2) is 34.4 Å². The molecule has 2 atom stereocenters. The van der Waals surface area contributed by atoms with E-state index in [0.29, 0.717) is 13.2 Å². The van der Waals surface area contributed by atoms with Gasteiger partial charge < -0.3 is 10.5 Å². The largest absolute Gasteiger partial charge is 0.379 e. The third-order valence-corrected chi connectivity index (χ3v) is 3.59. The first-order chi connectivity index (χ1) is 7.84. The van der Waals surface area contributed by atoms with Gasteiger partial charge in [0.15, 0.2) is 5.82 Å². The molecular weight excluding hydrogens is 224 g/mol. The van der Waals surface area contributed by atoms with Crippen molar-refractivity contribution in [3.63, 3.8) is 0 Å². The lowest BCUT2D eigenvalue weighted by Crippen LogP contribution is -2.27. The van der Waals surface area contributed by atoms with Gasteiger partial charge in [-0.3, -0.25) is 5.10 Å². The molecule has 3 rings (SSSR count). The van der Waals surface area contributed by atoms with E-state index in [1.54, 1.807) is 11.3 Å². The molecule has 0 bridgehead atoms. The summed E-state index contributed by atoms with van der Waals surface area (Å²) in [6.07, 6.45) is 0. The molecule has 0 aliphatic carbocycles. The fourth-order valence-corrected chi connectivity index (χ4v) is 2.47. The summed E-state index contributed by atoms with van der Waals surface area (Å²) in [6, 6.07) is 4.01. The number of nitrogens with one attached hydrogen (secondary N) is 1. The minimum atomic E-state index is 0.0177. The zero-order chi connectivity index (χ0) is 11.0. The Balaban J connectivity index is 1.88. The third kappa shape index (κ3) is 1.64. The topological polar surface area (TPSA) is 76.8 Å². The first-order valence-corrected chi connectivity index (χ1v) is 6.02. The Morgan fingerprint density at radius 2 is 2.44 bits per heavy atom. The van der Waals surface area contributed by atoms with E-state index in [0.717, 1.165) is 16.5 Å². The van der Waals surface area contributed by atoms with Gasteiger partial charge in [-0.15, -0.1) is 11.3 Å². The summed E-state index contributed by atoms with van der Waals surface area (Å²) in [5, 5.41) is 9.16. The van der Waals surface area contributed by atoms with Crippen LogP contribution < -0.4 is 5.73 Å². The molecule has 3 heterocycles. The second kappa shape index (κ2) is 3.97. The molecular formula is C10H12N4OS. The van der Waals surface area contributed by atoms with E-state index < -0.39 is 0 Å². The van der Waals surface area contributed by atoms with Crippen molar-refractivity contribution in [2.24, 2.45) is 5.73 Å². The Kier molecular flexibility index (Phi) is 2.47. The zero-order valence-corrected chi connectivity index (χ0v) is 9.41.